The number of allylic oxidation sites excluding steroid dienone is 1. The fraction of sp³-hybridized carbons (Fsp3) is 0.250. The third kappa shape index (κ3) is 4.11. The first-order valence-corrected chi connectivity index (χ1v) is 10.9. The van der Waals surface area contributed by atoms with E-state index in [4.69, 9.17) is 11.8 Å². The van der Waals surface area contributed by atoms with E-state index in [1.165, 1.54) is 12.3 Å². The topological polar surface area (TPSA) is 64.0 Å². The summed E-state index contributed by atoms with van der Waals surface area (Å²) < 4.78 is 40.1. The Morgan fingerprint density at radius 3 is 2.71 bits per heavy atom. The molecule has 0 fully saturated rings. The van der Waals surface area contributed by atoms with Gasteiger partial charge in [-0.1, -0.05) is 12.1 Å². The van der Waals surface area contributed by atoms with Gasteiger partial charge < -0.3 is 4.57 Å². The van der Waals surface area contributed by atoms with Crippen molar-refractivity contribution in [2.45, 2.75) is 25.3 Å². The monoisotopic (exact) mass is 421 g/mol. The SMILES string of the molecule is Cc1ccc2c(n1)c(-c1cccc(S(C)(=O)=O)c1)c(C)n2C/C(F)=C/CNCl. The number of aryl methyl sites for hydroxylation is 1. The highest BCUT2D eigenvalue weighted by Gasteiger charge is 2.19. The number of pyridine rings is 1. The molecule has 0 bridgehead atoms. The third-order valence-electron chi connectivity index (χ3n) is 4.57. The van der Waals surface area contributed by atoms with E-state index in [2.05, 4.69) is 9.82 Å². The van der Waals surface area contributed by atoms with Gasteiger partial charge in [0.2, 0.25) is 0 Å². The summed E-state index contributed by atoms with van der Waals surface area (Å²) in [6.45, 7) is 4.02. The molecule has 1 N–H and O–H groups in total. The summed E-state index contributed by atoms with van der Waals surface area (Å²) in [6, 6.07) is 10.5. The minimum atomic E-state index is -3.35. The quantitative estimate of drug-likeness (QED) is 0.602. The number of hydrogen-bond donors (Lipinski definition) is 1. The lowest BCUT2D eigenvalue weighted by Crippen LogP contribution is -2.04. The molecule has 0 amide bonds. The van der Waals surface area contributed by atoms with E-state index < -0.39 is 9.84 Å². The predicted octanol–water partition coefficient (Wildman–Crippen LogP) is 4.32. The molecule has 0 aliphatic carbocycles. The molecule has 148 valence electrons. The molecule has 0 aliphatic rings. The van der Waals surface area contributed by atoms with Gasteiger partial charge in [-0.15, -0.1) is 0 Å². The first kappa shape index (κ1) is 20.5. The van der Waals surface area contributed by atoms with E-state index in [1.807, 2.05) is 36.6 Å². The van der Waals surface area contributed by atoms with Crippen molar-refractivity contribution in [3.8, 4) is 11.1 Å². The number of benzene rings is 1. The van der Waals surface area contributed by atoms with Gasteiger partial charge in [0.15, 0.2) is 9.84 Å². The van der Waals surface area contributed by atoms with Crippen molar-refractivity contribution < 1.29 is 12.8 Å². The average molecular weight is 422 g/mol. The van der Waals surface area contributed by atoms with E-state index in [9.17, 15) is 12.8 Å². The van der Waals surface area contributed by atoms with Gasteiger partial charge in [0.05, 0.1) is 22.5 Å². The number of hydrogen-bond acceptors (Lipinski definition) is 4. The van der Waals surface area contributed by atoms with Gasteiger partial charge in [-0.05, 0) is 61.5 Å². The van der Waals surface area contributed by atoms with Crippen molar-refractivity contribution in [1.29, 1.82) is 0 Å². The maximum atomic E-state index is 14.3. The minimum Gasteiger partial charge on any atom is -0.336 e. The molecule has 3 rings (SSSR count). The van der Waals surface area contributed by atoms with Crippen LogP contribution >= 0.6 is 11.8 Å². The van der Waals surface area contributed by atoms with Crippen molar-refractivity contribution in [1.82, 2.24) is 14.4 Å². The Kier molecular flexibility index (Phi) is 5.88. The summed E-state index contributed by atoms with van der Waals surface area (Å²) in [7, 11) is -3.35. The zero-order chi connectivity index (χ0) is 20.5. The summed E-state index contributed by atoms with van der Waals surface area (Å²) in [4.78, 5) is 7.26. The molecule has 0 saturated carbocycles. The Balaban J connectivity index is 2.24. The van der Waals surface area contributed by atoms with Crippen LogP contribution in [0.15, 0.2) is 53.2 Å². The normalized spacial score (nSPS) is 12.7. The van der Waals surface area contributed by atoms with E-state index in [-0.39, 0.29) is 23.8 Å². The second-order valence-electron chi connectivity index (χ2n) is 6.66. The molecule has 0 aliphatic heterocycles. The van der Waals surface area contributed by atoms with E-state index in [1.54, 1.807) is 18.2 Å². The first-order chi connectivity index (χ1) is 13.2. The fourth-order valence-electron chi connectivity index (χ4n) is 3.23. The molecule has 0 unspecified atom stereocenters. The Hall–Kier alpha value is -2.22. The first-order valence-electron chi connectivity index (χ1n) is 8.67. The fourth-order valence-corrected chi connectivity index (χ4v) is 3.98. The van der Waals surface area contributed by atoms with Crippen LogP contribution in [0.2, 0.25) is 0 Å². The second kappa shape index (κ2) is 8.03. The van der Waals surface area contributed by atoms with Crippen LogP contribution in [0.25, 0.3) is 22.2 Å². The number of fused-ring (bicyclic) bond motifs is 1. The van der Waals surface area contributed by atoms with Crippen LogP contribution < -0.4 is 4.84 Å². The average Bonchev–Trinajstić information content (AvgIpc) is 2.90. The van der Waals surface area contributed by atoms with Crippen molar-refractivity contribution in [2.75, 3.05) is 12.8 Å². The van der Waals surface area contributed by atoms with Gasteiger partial charge >= 0.3 is 0 Å². The summed E-state index contributed by atoms with van der Waals surface area (Å²) >= 11 is 5.40. The van der Waals surface area contributed by atoms with Crippen LogP contribution in [-0.2, 0) is 16.4 Å². The molecule has 28 heavy (non-hydrogen) atoms. The lowest BCUT2D eigenvalue weighted by atomic mass is 10.1. The number of nitrogens with one attached hydrogen (secondary N) is 1. The molecular formula is C20H21ClFN3O2S. The Bertz CT molecular complexity index is 1170. The predicted molar refractivity (Wildman–Crippen MR) is 111 cm³/mol. The summed E-state index contributed by atoms with van der Waals surface area (Å²) in [5, 5.41) is 0. The van der Waals surface area contributed by atoms with Crippen LogP contribution in [-0.4, -0.2) is 30.8 Å². The largest absolute Gasteiger partial charge is 0.336 e. The summed E-state index contributed by atoms with van der Waals surface area (Å²) in [5.74, 6) is -0.329. The smallest absolute Gasteiger partial charge is 0.175 e. The van der Waals surface area contributed by atoms with Crippen molar-refractivity contribution >= 4 is 32.6 Å². The third-order valence-corrected chi connectivity index (χ3v) is 5.83. The standard InChI is InChI=1S/C20H21ClFN3O2S/c1-13-7-8-18-20(24-13)19(14(2)25(18)12-16(22)9-10-23-21)15-5-4-6-17(11-15)28(3,26)27/h4-9,11,23H,10,12H2,1-3H3/b16-9-. The van der Waals surface area contributed by atoms with E-state index >= 15 is 0 Å². The highest BCUT2D eigenvalue weighted by atomic mass is 35.5. The molecule has 3 aromatic rings. The second-order valence-corrected chi connectivity index (χ2v) is 8.94. The lowest BCUT2D eigenvalue weighted by Gasteiger charge is -2.08. The highest BCUT2D eigenvalue weighted by Crippen LogP contribution is 2.35. The Morgan fingerprint density at radius 2 is 2.04 bits per heavy atom. The highest BCUT2D eigenvalue weighted by molar-refractivity contribution is 7.90. The van der Waals surface area contributed by atoms with Crippen LogP contribution in [0, 0.1) is 13.8 Å². The van der Waals surface area contributed by atoms with Gasteiger partial charge in [-0.3, -0.25) is 4.98 Å². The van der Waals surface area contributed by atoms with Gasteiger partial charge in [-0.25, -0.2) is 17.6 Å². The number of halogens is 2. The number of sulfone groups is 1. The van der Waals surface area contributed by atoms with Gasteiger partial charge in [-0.2, -0.15) is 0 Å². The zero-order valence-electron chi connectivity index (χ0n) is 15.8. The van der Waals surface area contributed by atoms with Crippen LogP contribution in [0.4, 0.5) is 4.39 Å². The van der Waals surface area contributed by atoms with Crippen LogP contribution in [0.1, 0.15) is 11.4 Å². The molecular weight excluding hydrogens is 401 g/mol. The molecule has 0 atom stereocenters. The number of aromatic nitrogens is 2. The summed E-state index contributed by atoms with van der Waals surface area (Å²) in [5.41, 5.74) is 4.66. The van der Waals surface area contributed by atoms with Crippen molar-refractivity contribution in [3.05, 3.63) is 59.7 Å². The van der Waals surface area contributed by atoms with Gasteiger partial charge in [0, 0.05) is 29.8 Å². The maximum Gasteiger partial charge on any atom is 0.175 e. The van der Waals surface area contributed by atoms with E-state index in [0.29, 0.717) is 5.52 Å². The van der Waals surface area contributed by atoms with Crippen LogP contribution in [0.3, 0.4) is 0 Å². The maximum absolute atomic E-state index is 14.3. The van der Waals surface area contributed by atoms with Crippen molar-refractivity contribution in [3.63, 3.8) is 0 Å². The van der Waals surface area contributed by atoms with Gasteiger partial charge in [0.1, 0.15) is 5.83 Å². The Labute approximate surface area is 168 Å². The van der Waals surface area contributed by atoms with Gasteiger partial charge in [0.25, 0.3) is 0 Å². The Morgan fingerprint density at radius 1 is 1.29 bits per heavy atom. The molecule has 2 heterocycles. The molecule has 5 nitrogen and oxygen atoms in total. The summed E-state index contributed by atoms with van der Waals surface area (Å²) in [6.07, 6.45) is 2.56. The molecule has 0 radical (unpaired) electrons. The molecule has 0 spiro atoms. The lowest BCUT2D eigenvalue weighted by molar-refractivity contribution is 0.554. The molecule has 2 aromatic heterocycles. The van der Waals surface area contributed by atoms with Crippen LogP contribution in [0.5, 0.6) is 0 Å². The minimum absolute atomic E-state index is 0.0391. The van der Waals surface area contributed by atoms with E-state index in [0.717, 1.165) is 28.0 Å². The number of nitrogens with zero attached hydrogens (tertiary/aromatic N) is 2. The number of rotatable bonds is 6. The molecule has 0 saturated heterocycles. The molecule has 8 heteroatoms. The molecule has 1 aromatic carbocycles. The van der Waals surface area contributed by atoms with Crippen molar-refractivity contribution in [2.24, 2.45) is 0 Å². The zero-order valence-corrected chi connectivity index (χ0v) is 17.4.